The van der Waals surface area contributed by atoms with Crippen LogP contribution in [0.5, 0.6) is 5.75 Å². The Bertz CT molecular complexity index is 1440. The normalized spacial score (nSPS) is 20.5. The van der Waals surface area contributed by atoms with Crippen molar-refractivity contribution < 1.29 is 41.4 Å². The molecule has 39 heavy (non-hydrogen) atoms. The highest BCUT2D eigenvalue weighted by Gasteiger charge is 2.50. The van der Waals surface area contributed by atoms with E-state index < -0.39 is 62.0 Å². The van der Waals surface area contributed by atoms with E-state index in [0.29, 0.717) is 17.6 Å². The molecule has 2 aromatic rings. The van der Waals surface area contributed by atoms with Gasteiger partial charge < -0.3 is 14.6 Å². The monoisotopic (exact) mass is 583 g/mol. The number of nitrogens with zero attached hydrogens (tertiary/aromatic N) is 1. The highest BCUT2D eigenvalue weighted by atomic mass is 35.5. The lowest BCUT2D eigenvalue weighted by atomic mass is 9.85. The Morgan fingerprint density at radius 1 is 1.08 bits per heavy atom. The maximum atomic E-state index is 13.9. The Balaban J connectivity index is 1.58. The van der Waals surface area contributed by atoms with Gasteiger partial charge in [-0.3, -0.25) is 4.90 Å². The molecule has 210 valence electrons. The number of rotatable bonds is 6. The molecule has 12 heteroatoms. The van der Waals surface area contributed by atoms with E-state index in [2.05, 4.69) is 0 Å². The number of carboxylic acid groups (broad SMARTS) is 1. The number of sulfone groups is 1. The van der Waals surface area contributed by atoms with E-state index in [9.17, 15) is 31.9 Å². The van der Waals surface area contributed by atoms with Crippen molar-refractivity contribution in [3.63, 3.8) is 0 Å². The van der Waals surface area contributed by atoms with Crippen molar-refractivity contribution in [1.29, 1.82) is 0 Å². The zero-order chi connectivity index (χ0) is 28.7. The van der Waals surface area contributed by atoms with Crippen LogP contribution in [-0.2, 0) is 25.8 Å². The van der Waals surface area contributed by atoms with Gasteiger partial charge in [0.15, 0.2) is 21.4 Å². The van der Waals surface area contributed by atoms with Crippen LogP contribution < -0.4 is 4.74 Å². The molecule has 8 nitrogen and oxygen atoms in total. The third-order valence-electron chi connectivity index (χ3n) is 6.46. The third kappa shape index (κ3) is 6.36. The molecule has 1 saturated heterocycles. The fraction of sp³-hybridized carbons (Fsp3) is 0.407. The lowest BCUT2D eigenvalue weighted by molar-refractivity contribution is -0.133. The Kier molecular flexibility index (Phi) is 7.96. The molecule has 2 heterocycles. The number of carbonyl (C=O) groups is 2. The molecule has 1 fully saturated rings. The first kappa shape index (κ1) is 28.8. The number of fused-ring (bicyclic) bond motifs is 2. The number of carboxylic acids is 1. The van der Waals surface area contributed by atoms with Crippen LogP contribution in [0.25, 0.3) is 5.57 Å². The number of ether oxygens (including phenoxy) is 2. The molecule has 1 unspecified atom stereocenters. The summed E-state index contributed by atoms with van der Waals surface area (Å²) in [6.45, 7) is 5.04. The van der Waals surface area contributed by atoms with Crippen molar-refractivity contribution in [3.8, 4) is 5.75 Å². The first-order chi connectivity index (χ1) is 18.2. The van der Waals surface area contributed by atoms with Gasteiger partial charge in [0, 0.05) is 6.42 Å². The van der Waals surface area contributed by atoms with Crippen LogP contribution in [0.1, 0.15) is 38.3 Å². The molecule has 4 rings (SSSR count). The van der Waals surface area contributed by atoms with E-state index in [1.54, 1.807) is 45.0 Å². The molecule has 2 bridgehead atoms. The summed E-state index contributed by atoms with van der Waals surface area (Å²) in [4.78, 5) is 26.6. The second-order valence-electron chi connectivity index (χ2n) is 10.5. The number of hydrogen-bond donors (Lipinski definition) is 1. The van der Waals surface area contributed by atoms with Crippen LogP contribution in [0.2, 0.25) is 5.02 Å². The maximum absolute atomic E-state index is 13.9. The van der Waals surface area contributed by atoms with Gasteiger partial charge >= 0.3 is 12.1 Å². The standard InChI is InChI=1S/C27H28ClF2NO7S/c1-27(2,3)38-26(34)31-17-12-18(22(25(32)33)21(31)14-39(35,36)13-17)16-6-4-15(5-7-16)10-11-37-24-20(30)9-8-19(29)23(24)28/h4-9,17,21H,10-14H2,1-3H3,(H,32,33)/t17?,21-/m1/s1. The van der Waals surface area contributed by atoms with Gasteiger partial charge in [0.2, 0.25) is 0 Å². The van der Waals surface area contributed by atoms with Gasteiger partial charge in [0.1, 0.15) is 16.4 Å². The summed E-state index contributed by atoms with van der Waals surface area (Å²) in [5, 5.41) is 9.67. The Labute approximate surface area is 230 Å². The fourth-order valence-electron chi connectivity index (χ4n) is 4.86. The molecular formula is C27H28ClF2NO7S. The largest absolute Gasteiger partial charge is 0.488 e. The second-order valence-corrected chi connectivity index (χ2v) is 13.0. The molecule has 1 amide bonds. The predicted octanol–water partition coefficient (Wildman–Crippen LogP) is 4.88. The molecule has 2 atom stereocenters. The predicted molar refractivity (Wildman–Crippen MR) is 140 cm³/mol. The summed E-state index contributed by atoms with van der Waals surface area (Å²) in [6.07, 6.45) is -0.403. The first-order valence-corrected chi connectivity index (χ1v) is 14.4. The van der Waals surface area contributed by atoms with Gasteiger partial charge in [0.05, 0.1) is 35.8 Å². The third-order valence-corrected chi connectivity index (χ3v) is 8.53. The van der Waals surface area contributed by atoms with Crippen LogP contribution in [0.3, 0.4) is 0 Å². The van der Waals surface area contributed by atoms with E-state index in [1.165, 1.54) is 4.90 Å². The summed E-state index contributed by atoms with van der Waals surface area (Å²) in [7, 11) is -3.59. The number of halogens is 3. The molecule has 1 N–H and O–H groups in total. The molecule has 0 aliphatic carbocycles. The molecule has 0 radical (unpaired) electrons. The number of carbonyl (C=O) groups excluding carboxylic acids is 1. The Morgan fingerprint density at radius 3 is 2.33 bits per heavy atom. The maximum Gasteiger partial charge on any atom is 0.411 e. The first-order valence-electron chi connectivity index (χ1n) is 12.2. The lowest BCUT2D eigenvalue weighted by Crippen LogP contribution is -2.61. The molecule has 2 aromatic carbocycles. The Hall–Kier alpha value is -3.18. The van der Waals surface area contributed by atoms with E-state index >= 15 is 0 Å². The van der Waals surface area contributed by atoms with Gasteiger partial charge in [-0.1, -0.05) is 35.9 Å². The number of hydrogen-bond acceptors (Lipinski definition) is 6. The van der Waals surface area contributed by atoms with Crippen LogP contribution >= 0.6 is 11.6 Å². The van der Waals surface area contributed by atoms with E-state index in [-0.39, 0.29) is 30.1 Å². The van der Waals surface area contributed by atoms with Crippen molar-refractivity contribution >= 4 is 39.1 Å². The highest BCUT2D eigenvalue weighted by molar-refractivity contribution is 7.91. The van der Waals surface area contributed by atoms with Crippen molar-refractivity contribution in [2.24, 2.45) is 0 Å². The van der Waals surface area contributed by atoms with Crippen molar-refractivity contribution in [3.05, 3.63) is 69.8 Å². The summed E-state index contributed by atoms with van der Waals surface area (Å²) in [5.74, 6) is -4.07. The number of aliphatic carboxylic acids is 1. The van der Waals surface area contributed by atoms with Crippen LogP contribution in [-0.4, -0.2) is 66.3 Å². The van der Waals surface area contributed by atoms with Crippen LogP contribution in [0.4, 0.5) is 13.6 Å². The van der Waals surface area contributed by atoms with Gasteiger partial charge in [-0.15, -0.1) is 0 Å². The molecule has 0 aromatic heterocycles. The number of benzene rings is 2. The minimum absolute atomic E-state index is 0.00929. The quantitative estimate of drug-likeness (QED) is 0.482. The van der Waals surface area contributed by atoms with E-state index in [4.69, 9.17) is 21.1 Å². The molecule has 0 saturated carbocycles. The van der Waals surface area contributed by atoms with Crippen LogP contribution in [0, 0.1) is 11.6 Å². The lowest BCUT2D eigenvalue weighted by Gasteiger charge is -2.46. The zero-order valence-electron chi connectivity index (χ0n) is 21.5. The van der Waals surface area contributed by atoms with Crippen LogP contribution in [0.15, 0.2) is 42.0 Å². The van der Waals surface area contributed by atoms with Crippen molar-refractivity contribution in [1.82, 2.24) is 4.90 Å². The smallest absolute Gasteiger partial charge is 0.411 e. The van der Waals surface area contributed by atoms with Crippen molar-refractivity contribution in [2.45, 2.75) is 51.3 Å². The van der Waals surface area contributed by atoms with E-state index in [0.717, 1.165) is 17.7 Å². The average molecular weight is 584 g/mol. The van der Waals surface area contributed by atoms with Gasteiger partial charge in [-0.05, 0) is 56.0 Å². The number of amides is 1. The molecule has 2 aliphatic rings. The topological polar surface area (TPSA) is 110 Å². The second kappa shape index (κ2) is 10.8. The summed E-state index contributed by atoms with van der Waals surface area (Å²) in [5.41, 5.74) is 0.798. The average Bonchev–Trinajstić information content (AvgIpc) is 2.81. The highest BCUT2D eigenvalue weighted by Crippen LogP contribution is 2.40. The summed E-state index contributed by atoms with van der Waals surface area (Å²) >= 11 is 5.78. The van der Waals surface area contributed by atoms with Gasteiger partial charge in [0.25, 0.3) is 0 Å². The molecule has 0 spiro atoms. The molecular weight excluding hydrogens is 556 g/mol. The minimum Gasteiger partial charge on any atom is -0.488 e. The SMILES string of the molecule is CC(C)(C)OC(=O)N1C2CC(c3ccc(CCOc4c(F)ccc(F)c4Cl)cc3)=C(C(=O)O)[C@H]1CS(=O)(=O)C2. The summed E-state index contributed by atoms with van der Waals surface area (Å²) in [6, 6.07) is 6.75. The summed E-state index contributed by atoms with van der Waals surface area (Å²) < 4.78 is 63.5. The molecule has 2 aliphatic heterocycles. The van der Waals surface area contributed by atoms with Gasteiger partial charge in [-0.2, -0.15) is 0 Å². The fourth-order valence-corrected chi connectivity index (χ4v) is 6.88. The van der Waals surface area contributed by atoms with Crippen molar-refractivity contribution in [2.75, 3.05) is 18.1 Å². The zero-order valence-corrected chi connectivity index (χ0v) is 23.1. The van der Waals surface area contributed by atoms with Gasteiger partial charge in [-0.25, -0.2) is 26.8 Å². The Morgan fingerprint density at radius 2 is 1.72 bits per heavy atom. The van der Waals surface area contributed by atoms with E-state index in [1.807, 2.05) is 0 Å². The minimum atomic E-state index is -3.59.